The molecule has 3 aromatic rings. The Balaban J connectivity index is 1.79. The van der Waals surface area contributed by atoms with Gasteiger partial charge in [-0.1, -0.05) is 23.2 Å². The molecule has 0 bridgehead atoms. The predicted molar refractivity (Wildman–Crippen MR) is 111 cm³/mol. The van der Waals surface area contributed by atoms with Gasteiger partial charge in [0.15, 0.2) is 11.3 Å². The number of ether oxygens (including phenoxy) is 2. The van der Waals surface area contributed by atoms with Crippen molar-refractivity contribution in [1.29, 1.82) is 0 Å². The Morgan fingerprint density at radius 2 is 1.93 bits per heavy atom. The van der Waals surface area contributed by atoms with Crippen molar-refractivity contribution in [1.82, 2.24) is 9.88 Å². The Hall–Kier alpha value is -2.97. The third kappa shape index (κ3) is 3.42. The first-order chi connectivity index (χ1) is 14.4. The SMILES string of the molecule is COC(=O)N1CCc2c(oc3c(OC)ccc(C(=O)Nc4c(Cl)cncc4Cl)c23)C1. The van der Waals surface area contributed by atoms with Gasteiger partial charge < -0.3 is 24.1 Å². The molecule has 0 radical (unpaired) electrons. The summed E-state index contributed by atoms with van der Waals surface area (Å²) in [5.74, 6) is 0.664. The molecule has 156 valence electrons. The molecule has 0 atom stereocenters. The van der Waals surface area contributed by atoms with Crippen molar-refractivity contribution < 1.29 is 23.5 Å². The smallest absolute Gasteiger partial charge is 0.409 e. The standard InChI is InChI=1S/C20H17Cl2N3O5/c1-28-14-4-3-11(19(26)24-17-12(21)7-23-8-13(17)22)16-10-5-6-25(20(27)29-2)9-15(10)30-18(14)16/h3-4,7-8H,5-6,9H2,1-2H3,(H,23,24,26). The van der Waals surface area contributed by atoms with Gasteiger partial charge in [-0.3, -0.25) is 9.78 Å². The minimum atomic E-state index is -0.437. The highest BCUT2D eigenvalue weighted by atomic mass is 35.5. The van der Waals surface area contributed by atoms with Crippen LogP contribution in [0.4, 0.5) is 10.5 Å². The number of aromatic nitrogens is 1. The number of benzene rings is 1. The number of hydrogen-bond donors (Lipinski definition) is 1. The minimum absolute atomic E-state index is 0.226. The van der Waals surface area contributed by atoms with E-state index in [1.807, 2.05) is 0 Å². The van der Waals surface area contributed by atoms with Gasteiger partial charge in [0.1, 0.15) is 5.76 Å². The molecule has 1 aliphatic rings. The Labute approximate surface area is 181 Å². The van der Waals surface area contributed by atoms with E-state index in [0.29, 0.717) is 41.0 Å². The topological polar surface area (TPSA) is 93.9 Å². The van der Waals surface area contributed by atoms with Gasteiger partial charge in [0.05, 0.1) is 42.1 Å². The second-order valence-corrected chi connectivity index (χ2v) is 7.41. The van der Waals surface area contributed by atoms with Gasteiger partial charge in [0, 0.05) is 29.9 Å². The van der Waals surface area contributed by atoms with Gasteiger partial charge in [-0.05, 0) is 18.6 Å². The molecule has 0 saturated heterocycles. The Morgan fingerprint density at radius 1 is 1.20 bits per heavy atom. The zero-order valence-corrected chi connectivity index (χ0v) is 17.6. The molecule has 3 heterocycles. The number of hydrogen-bond acceptors (Lipinski definition) is 6. The fraction of sp³-hybridized carbons (Fsp3) is 0.250. The number of furan rings is 1. The first kappa shape index (κ1) is 20.3. The molecule has 0 spiro atoms. The molecule has 8 nitrogen and oxygen atoms in total. The van der Waals surface area contributed by atoms with Gasteiger partial charge >= 0.3 is 6.09 Å². The van der Waals surface area contributed by atoms with Crippen LogP contribution in [0.1, 0.15) is 21.7 Å². The van der Waals surface area contributed by atoms with Crippen molar-refractivity contribution in [2.45, 2.75) is 13.0 Å². The molecule has 2 aromatic heterocycles. The van der Waals surface area contributed by atoms with E-state index in [9.17, 15) is 9.59 Å². The maximum atomic E-state index is 13.1. The normalized spacial score (nSPS) is 13.1. The fourth-order valence-electron chi connectivity index (χ4n) is 3.53. The van der Waals surface area contributed by atoms with Crippen molar-refractivity contribution in [3.8, 4) is 5.75 Å². The van der Waals surface area contributed by atoms with Gasteiger partial charge in [0.2, 0.25) is 0 Å². The van der Waals surface area contributed by atoms with Gasteiger partial charge in [-0.2, -0.15) is 0 Å². The Bertz CT molecular complexity index is 1140. The van der Waals surface area contributed by atoms with Crippen molar-refractivity contribution in [3.05, 3.63) is 51.5 Å². The highest BCUT2D eigenvalue weighted by molar-refractivity contribution is 6.39. The summed E-state index contributed by atoms with van der Waals surface area (Å²) in [6, 6.07) is 3.31. The molecular weight excluding hydrogens is 433 g/mol. The minimum Gasteiger partial charge on any atom is -0.493 e. The highest BCUT2D eigenvalue weighted by Gasteiger charge is 2.30. The Kier molecular flexibility index (Phi) is 5.44. The number of methoxy groups -OCH3 is 2. The first-order valence-corrected chi connectivity index (χ1v) is 9.74. The number of anilines is 1. The quantitative estimate of drug-likeness (QED) is 0.631. The van der Waals surface area contributed by atoms with Crippen LogP contribution < -0.4 is 10.1 Å². The molecule has 0 aliphatic carbocycles. The molecular formula is C20H17Cl2N3O5. The maximum absolute atomic E-state index is 13.1. The van der Waals surface area contributed by atoms with E-state index in [-0.39, 0.29) is 22.3 Å². The molecule has 0 unspecified atom stereocenters. The third-order valence-corrected chi connectivity index (χ3v) is 5.51. The molecule has 2 amide bonds. The lowest BCUT2D eigenvalue weighted by Gasteiger charge is -2.24. The number of nitrogens with one attached hydrogen (secondary N) is 1. The van der Waals surface area contributed by atoms with E-state index in [1.165, 1.54) is 31.5 Å². The number of carbonyl (C=O) groups excluding carboxylic acids is 2. The van der Waals surface area contributed by atoms with Crippen LogP contribution in [0.2, 0.25) is 10.0 Å². The van der Waals surface area contributed by atoms with Crippen molar-refractivity contribution >= 4 is 51.9 Å². The monoisotopic (exact) mass is 449 g/mol. The molecule has 30 heavy (non-hydrogen) atoms. The largest absolute Gasteiger partial charge is 0.493 e. The summed E-state index contributed by atoms with van der Waals surface area (Å²) < 4.78 is 16.2. The summed E-state index contributed by atoms with van der Waals surface area (Å²) >= 11 is 12.3. The van der Waals surface area contributed by atoms with Crippen LogP contribution in [-0.4, -0.2) is 42.6 Å². The number of nitrogens with zero attached hydrogens (tertiary/aromatic N) is 2. The van der Waals surface area contributed by atoms with Crippen LogP contribution >= 0.6 is 23.2 Å². The lowest BCUT2D eigenvalue weighted by molar-refractivity contribution is 0.102. The second-order valence-electron chi connectivity index (χ2n) is 6.60. The molecule has 0 fully saturated rings. The van der Waals surface area contributed by atoms with Crippen LogP contribution in [0.5, 0.6) is 5.75 Å². The molecule has 10 heteroatoms. The lowest BCUT2D eigenvalue weighted by atomic mass is 9.99. The Morgan fingerprint density at radius 3 is 2.60 bits per heavy atom. The van der Waals surface area contributed by atoms with E-state index in [0.717, 1.165) is 5.56 Å². The van der Waals surface area contributed by atoms with Crippen LogP contribution in [0, 0.1) is 0 Å². The average molecular weight is 450 g/mol. The molecule has 1 N–H and O–H groups in total. The third-order valence-electron chi connectivity index (χ3n) is 4.94. The summed E-state index contributed by atoms with van der Waals surface area (Å²) in [5.41, 5.74) is 1.94. The summed E-state index contributed by atoms with van der Waals surface area (Å²) in [6.07, 6.45) is 2.86. The van der Waals surface area contributed by atoms with Crippen molar-refractivity contribution in [3.63, 3.8) is 0 Å². The summed E-state index contributed by atoms with van der Waals surface area (Å²) in [6.45, 7) is 0.678. The highest BCUT2D eigenvalue weighted by Crippen LogP contribution is 2.39. The van der Waals surface area contributed by atoms with Crippen LogP contribution in [-0.2, 0) is 17.7 Å². The number of rotatable bonds is 3. The predicted octanol–water partition coefficient (Wildman–Crippen LogP) is 4.52. The molecule has 4 rings (SSSR count). The van der Waals surface area contributed by atoms with E-state index in [2.05, 4.69) is 10.3 Å². The van der Waals surface area contributed by atoms with Crippen molar-refractivity contribution in [2.24, 2.45) is 0 Å². The van der Waals surface area contributed by atoms with Crippen LogP contribution in [0.15, 0.2) is 28.9 Å². The van der Waals surface area contributed by atoms with Gasteiger partial charge in [-0.25, -0.2) is 4.79 Å². The fourth-order valence-corrected chi connectivity index (χ4v) is 3.99. The summed E-state index contributed by atoms with van der Waals surface area (Å²) in [4.78, 5) is 30.4. The molecule has 1 aromatic carbocycles. The number of fused-ring (bicyclic) bond motifs is 3. The van der Waals surface area contributed by atoms with E-state index in [1.54, 1.807) is 12.1 Å². The lowest BCUT2D eigenvalue weighted by Crippen LogP contribution is -2.35. The maximum Gasteiger partial charge on any atom is 0.409 e. The van der Waals surface area contributed by atoms with Gasteiger partial charge in [-0.15, -0.1) is 0 Å². The van der Waals surface area contributed by atoms with Gasteiger partial charge in [0.25, 0.3) is 5.91 Å². The van der Waals surface area contributed by atoms with E-state index in [4.69, 9.17) is 37.1 Å². The molecule has 1 aliphatic heterocycles. The number of halogens is 2. The van der Waals surface area contributed by atoms with Crippen LogP contribution in [0.25, 0.3) is 11.0 Å². The molecule has 0 saturated carbocycles. The summed E-state index contributed by atoms with van der Waals surface area (Å²) in [5, 5.41) is 3.83. The van der Waals surface area contributed by atoms with Crippen molar-refractivity contribution in [2.75, 3.05) is 26.1 Å². The number of amides is 2. The number of carbonyl (C=O) groups is 2. The zero-order chi connectivity index (χ0) is 21.4. The zero-order valence-electron chi connectivity index (χ0n) is 16.1. The van der Waals surface area contributed by atoms with E-state index >= 15 is 0 Å². The second kappa shape index (κ2) is 8.04. The van der Waals surface area contributed by atoms with E-state index < -0.39 is 12.0 Å². The first-order valence-electron chi connectivity index (χ1n) is 8.99. The average Bonchev–Trinajstić information content (AvgIpc) is 3.13. The summed E-state index contributed by atoms with van der Waals surface area (Å²) in [7, 11) is 2.85. The van der Waals surface area contributed by atoms with Crippen LogP contribution in [0.3, 0.4) is 0 Å². The number of pyridine rings is 1.